The van der Waals surface area contributed by atoms with Gasteiger partial charge in [-0.15, -0.1) is 0 Å². The summed E-state index contributed by atoms with van der Waals surface area (Å²) in [7, 11) is 0. The maximum absolute atomic E-state index is 14.2. The number of para-hydroxylation sites is 1. The Morgan fingerprint density at radius 3 is 2.93 bits per heavy atom. The monoisotopic (exact) mass is 379 g/mol. The van der Waals surface area contributed by atoms with Crippen molar-refractivity contribution in [2.24, 2.45) is 0 Å². The number of aryl methyl sites for hydroxylation is 1. The molecule has 3 heterocycles. The number of H-pyrrole nitrogens is 1. The standard InChI is InChI=1S/C20H18FN5O2/c1-11-20(28-18-10-26(12(2)27)9-16(18)21)24-8-17(25-11)15-7-23-19-13(6-22)4-3-5-14(15)19/h3-5,7-8,16,18,23H,9-10H2,1-2H3/t16-,18-/m1/s1. The first-order chi connectivity index (χ1) is 13.5. The van der Waals surface area contributed by atoms with Crippen LogP contribution in [0.2, 0.25) is 0 Å². The van der Waals surface area contributed by atoms with Crippen molar-refractivity contribution in [1.29, 1.82) is 5.26 Å². The van der Waals surface area contributed by atoms with E-state index in [2.05, 4.69) is 21.0 Å². The van der Waals surface area contributed by atoms with Crippen molar-refractivity contribution in [1.82, 2.24) is 19.9 Å². The fraction of sp³-hybridized carbons (Fsp3) is 0.300. The third-order valence-corrected chi connectivity index (χ3v) is 4.92. The molecule has 3 aromatic rings. The second kappa shape index (κ2) is 6.93. The molecule has 4 rings (SSSR count). The highest BCUT2D eigenvalue weighted by atomic mass is 19.1. The zero-order chi connectivity index (χ0) is 19.8. The summed E-state index contributed by atoms with van der Waals surface area (Å²) in [5.41, 5.74) is 3.27. The topological polar surface area (TPSA) is 94.9 Å². The van der Waals surface area contributed by atoms with Gasteiger partial charge in [0.1, 0.15) is 11.8 Å². The van der Waals surface area contributed by atoms with Crippen LogP contribution in [0.3, 0.4) is 0 Å². The zero-order valence-corrected chi connectivity index (χ0v) is 15.4. The van der Waals surface area contributed by atoms with E-state index in [9.17, 15) is 14.4 Å². The molecule has 1 fully saturated rings. The van der Waals surface area contributed by atoms with E-state index in [1.807, 2.05) is 12.1 Å². The van der Waals surface area contributed by atoms with Gasteiger partial charge in [0.05, 0.1) is 36.1 Å². The molecule has 28 heavy (non-hydrogen) atoms. The van der Waals surface area contributed by atoms with Crippen molar-refractivity contribution >= 4 is 16.8 Å². The Bertz CT molecular complexity index is 1100. The first kappa shape index (κ1) is 17.9. The highest BCUT2D eigenvalue weighted by molar-refractivity contribution is 5.97. The van der Waals surface area contributed by atoms with Gasteiger partial charge in [-0.05, 0) is 13.0 Å². The van der Waals surface area contributed by atoms with Crippen molar-refractivity contribution < 1.29 is 13.9 Å². The molecule has 1 aliphatic rings. The molecule has 2 aromatic heterocycles. The van der Waals surface area contributed by atoms with E-state index in [1.165, 1.54) is 11.8 Å². The van der Waals surface area contributed by atoms with Crippen LogP contribution in [0.5, 0.6) is 5.88 Å². The number of hydrogen-bond acceptors (Lipinski definition) is 5. The van der Waals surface area contributed by atoms with Crippen LogP contribution in [-0.4, -0.2) is 51.1 Å². The van der Waals surface area contributed by atoms with Gasteiger partial charge in [0.25, 0.3) is 0 Å². The van der Waals surface area contributed by atoms with Crippen LogP contribution in [0.15, 0.2) is 30.6 Å². The van der Waals surface area contributed by atoms with Crippen LogP contribution in [0.4, 0.5) is 4.39 Å². The predicted octanol–water partition coefficient (Wildman–Crippen LogP) is 2.75. The normalized spacial score (nSPS) is 19.0. The SMILES string of the molecule is CC(=O)N1C[C@@H](F)[C@H](Oc2ncc(-c3c[nH]c4c(C#N)cccc34)nc2C)C1. The van der Waals surface area contributed by atoms with Gasteiger partial charge in [-0.3, -0.25) is 4.79 Å². The lowest BCUT2D eigenvalue weighted by molar-refractivity contribution is -0.128. The Morgan fingerprint density at radius 1 is 1.43 bits per heavy atom. The largest absolute Gasteiger partial charge is 0.468 e. The highest BCUT2D eigenvalue weighted by Gasteiger charge is 2.36. The number of hydrogen-bond donors (Lipinski definition) is 1. The van der Waals surface area contributed by atoms with Crippen molar-refractivity contribution in [3.8, 4) is 23.2 Å². The first-order valence-electron chi connectivity index (χ1n) is 8.88. The molecule has 2 atom stereocenters. The molecule has 1 amide bonds. The minimum absolute atomic E-state index is 0.0289. The second-order valence-electron chi connectivity index (χ2n) is 6.78. The summed E-state index contributed by atoms with van der Waals surface area (Å²) in [5, 5.41) is 10.1. The summed E-state index contributed by atoms with van der Waals surface area (Å²) in [6.07, 6.45) is 1.33. The molecule has 0 unspecified atom stereocenters. The van der Waals surface area contributed by atoms with Crippen LogP contribution in [0, 0.1) is 18.3 Å². The molecule has 1 N–H and O–H groups in total. The maximum atomic E-state index is 14.2. The number of nitriles is 1. The molecule has 1 saturated heterocycles. The summed E-state index contributed by atoms with van der Waals surface area (Å²) >= 11 is 0. The molecular weight excluding hydrogens is 361 g/mol. The van der Waals surface area contributed by atoms with Gasteiger partial charge in [0.15, 0.2) is 12.3 Å². The first-order valence-corrected chi connectivity index (χ1v) is 8.88. The van der Waals surface area contributed by atoms with Gasteiger partial charge >= 0.3 is 0 Å². The quantitative estimate of drug-likeness (QED) is 0.755. The van der Waals surface area contributed by atoms with Crippen LogP contribution >= 0.6 is 0 Å². The van der Waals surface area contributed by atoms with Crippen LogP contribution < -0.4 is 4.74 Å². The van der Waals surface area contributed by atoms with E-state index in [4.69, 9.17) is 4.74 Å². The third-order valence-electron chi connectivity index (χ3n) is 4.92. The number of carbonyl (C=O) groups excluding carboxylic acids is 1. The summed E-state index contributed by atoms with van der Waals surface area (Å²) in [4.78, 5) is 24.8. The second-order valence-corrected chi connectivity index (χ2v) is 6.78. The molecule has 1 aliphatic heterocycles. The van der Waals surface area contributed by atoms with E-state index in [-0.39, 0.29) is 24.9 Å². The number of aromatic nitrogens is 3. The van der Waals surface area contributed by atoms with Crippen molar-refractivity contribution in [2.75, 3.05) is 13.1 Å². The van der Waals surface area contributed by atoms with E-state index >= 15 is 0 Å². The number of fused-ring (bicyclic) bond motifs is 1. The molecule has 142 valence electrons. The Hall–Kier alpha value is -3.47. The number of benzene rings is 1. The highest BCUT2D eigenvalue weighted by Crippen LogP contribution is 2.30. The molecule has 0 radical (unpaired) electrons. The lowest BCUT2D eigenvalue weighted by Crippen LogP contribution is -2.29. The lowest BCUT2D eigenvalue weighted by atomic mass is 10.1. The summed E-state index contributed by atoms with van der Waals surface area (Å²) in [5.74, 6) is 0.0716. The minimum Gasteiger partial charge on any atom is -0.468 e. The summed E-state index contributed by atoms with van der Waals surface area (Å²) in [6.45, 7) is 3.38. The number of halogens is 1. The molecule has 0 bridgehead atoms. The average Bonchev–Trinajstić information content (AvgIpc) is 3.27. The number of carbonyl (C=O) groups is 1. The minimum atomic E-state index is -1.26. The Morgan fingerprint density at radius 2 is 2.25 bits per heavy atom. The smallest absolute Gasteiger partial charge is 0.235 e. The number of nitrogens with zero attached hydrogens (tertiary/aromatic N) is 4. The van der Waals surface area contributed by atoms with Crippen LogP contribution in [0.25, 0.3) is 22.2 Å². The maximum Gasteiger partial charge on any atom is 0.235 e. The van der Waals surface area contributed by atoms with Gasteiger partial charge in [0.2, 0.25) is 11.8 Å². The number of rotatable bonds is 3. The number of amides is 1. The van der Waals surface area contributed by atoms with E-state index < -0.39 is 12.3 Å². The Kier molecular flexibility index (Phi) is 4.43. The number of nitrogens with one attached hydrogen (secondary N) is 1. The van der Waals surface area contributed by atoms with E-state index in [0.29, 0.717) is 17.0 Å². The van der Waals surface area contributed by atoms with Crippen LogP contribution in [0.1, 0.15) is 18.2 Å². The van der Waals surface area contributed by atoms with Gasteiger partial charge in [0, 0.05) is 24.1 Å². The fourth-order valence-corrected chi connectivity index (χ4v) is 3.42. The van der Waals surface area contributed by atoms with Crippen molar-refractivity contribution in [3.05, 3.63) is 41.9 Å². The molecule has 0 saturated carbocycles. The van der Waals surface area contributed by atoms with Gasteiger partial charge in [-0.2, -0.15) is 5.26 Å². The zero-order valence-electron chi connectivity index (χ0n) is 15.4. The van der Waals surface area contributed by atoms with Gasteiger partial charge in [-0.1, -0.05) is 12.1 Å². The number of ether oxygens (including phenoxy) is 1. The Balaban J connectivity index is 1.61. The Labute approximate surface area is 160 Å². The molecule has 7 nitrogen and oxygen atoms in total. The fourth-order valence-electron chi connectivity index (χ4n) is 3.42. The van der Waals surface area contributed by atoms with E-state index in [0.717, 1.165) is 16.5 Å². The summed E-state index contributed by atoms with van der Waals surface area (Å²) < 4.78 is 19.9. The number of alkyl halides is 1. The molecule has 0 spiro atoms. The van der Waals surface area contributed by atoms with Crippen molar-refractivity contribution in [2.45, 2.75) is 26.1 Å². The molecular formula is C20H18FN5O2. The lowest BCUT2D eigenvalue weighted by Gasteiger charge is -2.16. The average molecular weight is 379 g/mol. The third kappa shape index (κ3) is 3.05. The van der Waals surface area contributed by atoms with Crippen molar-refractivity contribution in [3.63, 3.8) is 0 Å². The molecule has 1 aromatic carbocycles. The van der Waals surface area contributed by atoms with E-state index in [1.54, 1.807) is 25.4 Å². The molecule has 8 heteroatoms. The molecule has 0 aliphatic carbocycles. The summed E-state index contributed by atoms with van der Waals surface area (Å²) in [6, 6.07) is 7.63. The van der Waals surface area contributed by atoms with Crippen LogP contribution in [-0.2, 0) is 4.79 Å². The number of likely N-dealkylation sites (tertiary alicyclic amines) is 1. The van der Waals surface area contributed by atoms with Gasteiger partial charge < -0.3 is 14.6 Å². The predicted molar refractivity (Wildman–Crippen MR) is 100 cm³/mol. The number of aromatic amines is 1. The van der Waals surface area contributed by atoms with Gasteiger partial charge in [-0.25, -0.2) is 14.4 Å².